The molecule has 1 spiro atoms. The second-order valence-electron chi connectivity index (χ2n) is 8.99. The molecule has 2 atom stereocenters. The van der Waals surface area contributed by atoms with Crippen molar-refractivity contribution in [2.24, 2.45) is 5.41 Å². The van der Waals surface area contributed by atoms with E-state index in [-0.39, 0.29) is 36.9 Å². The number of amides is 2. The Labute approximate surface area is 195 Å². The molecule has 0 bridgehead atoms. The number of nitrogens with zero attached hydrogens (tertiary/aromatic N) is 1. The van der Waals surface area contributed by atoms with Crippen molar-refractivity contribution in [3.8, 4) is 0 Å². The van der Waals surface area contributed by atoms with Crippen molar-refractivity contribution in [3.63, 3.8) is 0 Å². The van der Waals surface area contributed by atoms with Crippen LogP contribution >= 0.6 is 0 Å². The molecule has 182 valence electrons. The fourth-order valence-corrected chi connectivity index (χ4v) is 5.44. The molecule has 5 nitrogen and oxygen atoms in total. The van der Waals surface area contributed by atoms with Crippen LogP contribution in [-0.2, 0) is 19.9 Å². The third-order valence-corrected chi connectivity index (χ3v) is 7.24. The molecular weight excluding hydrogens is 452 g/mol. The zero-order valence-electron chi connectivity index (χ0n) is 18.7. The van der Waals surface area contributed by atoms with Gasteiger partial charge in [0.2, 0.25) is 5.91 Å². The fourth-order valence-electron chi connectivity index (χ4n) is 5.44. The molecule has 2 heterocycles. The quantitative estimate of drug-likeness (QED) is 0.672. The zero-order chi connectivity index (χ0) is 24.6. The van der Waals surface area contributed by atoms with Gasteiger partial charge in [0, 0.05) is 44.6 Å². The van der Waals surface area contributed by atoms with E-state index in [9.17, 15) is 27.2 Å². The molecule has 34 heavy (non-hydrogen) atoms. The van der Waals surface area contributed by atoms with Gasteiger partial charge in [-0.2, -0.15) is 13.2 Å². The normalized spacial score (nSPS) is 22.2. The highest BCUT2D eigenvalue weighted by Crippen LogP contribution is 2.50. The van der Waals surface area contributed by atoms with Crippen LogP contribution in [0.2, 0.25) is 0 Å². The van der Waals surface area contributed by atoms with Gasteiger partial charge in [-0.25, -0.2) is 4.39 Å². The Bertz CT molecular complexity index is 1050. The van der Waals surface area contributed by atoms with Gasteiger partial charge >= 0.3 is 6.18 Å². The van der Waals surface area contributed by atoms with Crippen molar-refractivity contribution in [1.29, 1.82) is 0 Å². The second kappa shape index (κ2) is 9.02. The Morgan fingerprint density at radius 2 is 1.76 bits per heavy atom. The average molecular weight is 478 g/mol. The topological polar surface area (TPSA) is 58.6 Å². The molecule has 0 saturated carbocycles. The predicted octanol–water partition coefficient (Wildman–Crippen LogP) is 4.14. The van der Waals surface area contributed by atoms with E-state index in [1.807, 2.05) is 0 Å². The predicted molar refractivity (Wildman–Crippen MR) is 116 cm³/mol. The number of halogens is 4. The van der Waals surface area contributed by atoms with Crippen LogP contribution in [-0.4, -0.2) is 49.6 Å². The first kappa shape index (κ1) is 24.2. The molecule has 0 radical (unpaired) electrons. The molecule has 2 fully saturated rings. The molecule has 2 aromatic rings. The van der Waals surface area contributed by atoms with Gasteiger partial charge in [0.1, 0.15) is 5.82 Å². The van der Waals surface area contributed by atoms with Crippen molar-refractivity contribution < 1.29 is 31.9 Å². The number of nitrogens with one attached hydrogen (secondary N) is 1. The summed E-state index contributed by atoms with van der Waals surface area (Å²) < 4.78 is 61.8. The summed E-state index contributed by atoms with van der Waals surface area (Å²) in [7, 11) is 0.884. The van der Waals surface area contributed by atoms with Crippen molar-refractivity contribution in [3.05, 3.63) is 71.5 Å². The van der Waals surface area contributed by atoms with Crippen LogP contribution in [0.4, 0.5) is 17.6 Å². The van der Waals surface area contributed by atoms with Crippen LogP contribution in [0.5, 0.6) is 0 Å². The lowest BCUT2D eigenvalue weighted by atomic mass is 9.62. The Morgan fingerprint density at radius 1 is 1.09 bits per heavy atom. The molecule has 0 aromatic heterocycles. The van der Waals surface area contributed by atoms with Crippen LogP contribution in [0.3, 0.4) is 0 Å². The number of carbonyl (C=O) groups excluding carboxylic acids is 2. The summed E-state index contributed by atoms with van der Waals surface area (Å²) in [6, 6.07) is 13.0. The SMILES string of the molecule is CO[C@@](C(=O)N1CCC2(CC1)CC(=O)NCC2c1cccc(F)c1)(c1ccccc1)C(F)(F)F. The minimum Gasteiger partial charge on any atom is -0.356 e. The number of ether oxygens (including phenoxy) is 1. The number of hydrogen-bond donors (Lipinski definition) is 1. The number of hydrogen-bond acceptors (Lipinski definition) is 3. The first-order chi connectivity index (χ1) is 16.1. The standard InChI is InChI=1S/C25H26F4N2O3/c1-34-24(25(27,28)29,18-7-3-2-4-8-18)22(33)31-12-10-23(11-13-31)15-21(32)30-16-20(23)17-6-5-9-19(26)14-17/h2-9,14,20H,10-13,15-16H2,1H3,(H,30,32)/t20?,24-/m1/s1. The molecule has 2 aromatic carbocycles. The number of benzene rings is 2. The number of piperidine rings is 2. The van der Waals surface area contributed by atoms with Crippen LogP contribution in [0.25, 0.3) is 0 Å². The third kappa shape index (κ3) is 4.06. The summed E-state index contributed by atoms with van der Waals surface area (Å²) in [6.45, 7) is 0.378. The molecule has 2 aliphatic rings. The maximum absolute atomic E-state index is 14.3. The van der Waals surface area contributed by atoms with Crippen molar-refractivity contribution in [1.82, 2.24) is 10.2 Å². The first-order valence-corrected chi connectivity index (χ1v) is 11.1. The van der Waals surface area contributed by atoms with Gasteiger partial charge in [0.05, 0.1) is 0 Å². The summed E-state index contributed by atoms with van der Waals surface area (Å²) in [5.74, 6) is -1.93. The zero-order valence-corrected chi connectivity index (χ0v) is 18.7. The first-order valence-electron chi connectivity index (χ1n) is 11.1. The van der Waals surface area contributed by atoms with Gasteiger partial charge in [-0.15, -0.1) is 0 Å². The van der Waals surface area contributed by atoms with E-state index in [1.165, 1.54) is 41.3 Å². The number of likely N-dealkylation sites (tertiary alicyclic amines) is 1. The van der Waals surface area contributed by atoms with E-state index in [2.05, 4.69) is 5.32 Å². The highest BCUT2D eigenvalue weighted by molar-refractivity contribution is 5.88. The lowest BCUT2D eigenvalue weighted by Crippen LogP contribution is -2.60. The molecular formula is C25H26F4N2O3. The summed E-state index contributed by atoms with van der Waals surface area (Å²) in [5, 5.41) is 2.82. The number of rotatable bonds is 4. The molecule has 2 amide bonds. The number of alkyl halides is 3. The van der Waals surface area contributed by atoms with Gasteiger partial charge in [-0.05, 0) is 36.0 Å². The number of carbonyl (C=O) groups is 2. The molecule has 1 N–H and O–H groups in total. The van der Waals surface area contributed by atoms with Crippen molar-refractivity contribution in [2.75, 3.05) is 26.7 Å². The average Bonchev–Trinajstić information content (AvgIpc) is 2.80. The van der Waals surface area contributed by atoms with E-state index in [1.54, 1.807) is 18.2 Å². The van der Waals surface area contributed by atoms with Crippen LogP contribution < -0.4 is 5.32 Å². The smallest absolute Gasteiger partial charge is 0.356 e. The summed E-state index contributed by atoms with van der Waals surface area (Å²) in [5.41, 5.74) is -3.26. The van der Waals surface area contributed by atoms with Crippen LogP contribution in [0, 0.1) is 11.2 Å². The van der Waals surface area contributed by atoms with Gasteiger partial charge in [0.25, 0.3) is 11.5 Å². The molecule has 4 rings (SSSR count). The number of methoxy groups -OCH3 is 1. The van der Waals surface area contributed by atoms with Gasteiger partial charge in [-0.3, -0.25) is 9.59 Å². The summed E-state index contributed by atoms with van der Waals surface area (Å²) >= 11 is 0. The van der Waals surface area contributed by atoms with Crippen LogP contribution in [0.1, 0.15) is 36.3 Å². The largest absolute Gasteiger partial charge is 0.430 e. The van der Waals surface area contributed by atoms with Crippen molar-refractivity contribution in [2.45, 2.75) is 37.0 Å². The molecule has 2 aliphatic heterocycles. The minimum absolute atomic E-state index is 0.0337. The van der Waals surface area contributed by atoms with E-state index in [0.29, 0.717) is 19.4 Å². The highest BCUT2D eigenvalue weighted by atomic mass is 19.4. The Morgan fingerprint density at radius 3 is 2.35 bits per heavy atom. The maximum Gasteiger partial charge on any atom is 0.430 e. The third-order valence-electron chi connectivity index (χ3n) is 7.24. The Balaban J connectivity index is 1.62. The molecule has 1 unspecified atom stereocenters. The lowest BCUT2D eigenvalue weighted by Gasteiger charge is -2.50. The van der Waals surface area contributed by atoms with Crippen LogP contribution in [0.15, 0.2) is 54.6 Å². The van der Waals surface area contributed by atoms with Gasteiger partial charge in [0.15, 0.2) is 0 Å². The van der Waals surface area contributed by atoms with Crippen molar-refractivity contribution >= 4 is 11.8 Å². The Hall–Kier alpha value is -2.94. The van der Waals surface area contributed by atoms with E-state index >= 15 is 0 Å². The van der Waals surface area contributed by atoms with E-state index < -0.39 is 28.9 Å². The highest BCUT2D eigenvalue weighted by Gasteiger charge is 2.64. The second-order valence-corrected chi connectivity index (χ2v) is 8.99. The maximum atomic E-state index is 14.3. The van der Waals surface area contributed by atoms with Gasteiger partial charge < -0.3 is 15.0 Å². The van der Waals surface area contributed by atoms with E-state index in [0.717, 1.165) is 12.7 Å². The summed E-state index contributed by atoms with van der Waals surface area (Å²) in [4.78, 5) is 26.8. The summed E-state index contributed by atoms with van der Waals surface area (Å²) in [6.07, 6.45) is -4.17. The lowest BCUT2D eigenvalue weighted by molar-refractivity contribution is -0.271. The molecule has 2 saturated heterocycles. The Kier molecular flexibility index (Phi) is 6.42. The van der Waals surface area contributed by atoms with E-state index in [4.69, 9.17) is 4.74 Å². The minimum atomic E-state index is -4.98. The monoisotopic (exact) mass is 478 g/mol. The molecule has 9 heteroatoms. The molecule has 0 aliphatic carbocycles. The van der Waals surface area contributed by atoms with Gasteiger partial charge in [-0.1, -0.05) is 42.5 Å². The fraction of sp³-hybridized carbons (Fsp3) is 0.440.